The molecule has 2 atom stereocenters. The first-order valence-electron chi connectivity index (χ1n) is 8.40. The Labute approximate surface area is 149 Å². The number of aliphatic hydroxyl groups is 1. The van der Waals surface area contributed by atoms with Crippen LogP contribution in [0.5, 0.6) is 0 Å². The lowest BCUT2D eigenvalue weighted by atomic mass is 9.89. The van der Waals surface area contributed by atoms with Gasteiger partial charge in [0, 0.05) is 17.7 Å². The molecule has 1 saturated carbocycles. The summed E-state index contributed by atoms with van der Waals surface area (Å²) in [6.07, 6.45) is 1.51. The monoisotopic (exact) mass is 362 g/mol. The van der Waals surface area contributed by atoms with Gasteiger partial charge in [-0.25, -0.2) is 13.8 Å². The number of halogens is 2. The van der Waals surface area contributed by atoms with Crippen LogP contribution in [0.2, 0.25) is 0 Å². The van der Waals surface area contributed by atoms with E-state index in [2.05, 4.69) is 4.98 Å². The lowest BCUT2D eigenvalue weighted by Crippen LogP contribution is -2.38. The summed E-state index contributed by atoms with van der Waals surface area (Å²) in [5, 5.41) is 20.3. The second kappa shape index (κ2) is 6.74. The van der Waals surface area contributed by atoms with E-state index in [1.807, 2.05) is 0 Å². The second-order valence-corrected chi connectivity index (χ2v) is 6.73. The number of nitrogens with two attached hydrogens (primary N) is 1. The average Bonchev–Trinajstić information content (AvgIpc) is 3.46. The molecule has 1 heterocycles. The van der Waals surface area contributed by atoms with E-state index >= 15 is 4.39 Å². The van der Waals surface area contributed by atoms with Gasteiger partial charge >= 0.3 is 5.97 Å². The number of aromatic nitrogens is 1. The van der Waals surface area contributed by atoms with Crippen LogP contribution in [0.3, 0.4) is 0 Å². The molecule has 1 aliphatic carbocycles. The van der Waals surface area contributed by atoms with Crippen LogP contribution < -0.4 is 5.73 Å². The summed E-state index contributed by atoms with van der Waals surface area (Å²) >= 11 is 0. The van der Waals surface area contributed by atoms with Crippen molar-refractivity contribution in [3.8, 4) is 11.3 Å². The van der Waals surface area contributed by atoms with Gasteiger partial charge in [-0.1, -0.05) is 12.1 Å². The molecule has 2 unspecified atom stereocenters. The van der Waals surface area contributed by atoms with Crippen molar-refractivity contribution >= 4 is 5.97 Å². The first-order chi connectivity index (χ1) is 12.3. The molecule has 0 aliphatic heterocycles. The molecule has 5 nitrogen and oxygen atoms in total. The minimum atomic E-state index is -1.47. The third-order valence-electron chi connectivity index (χ3n) is 4.93. The summed E-state index contributed by atoms with van der Waals surface area (Å²) in [6.45, 7) is 1.22. The molecule has 2 aromatic rings. The second-order valence-electron chi connectivity index (χ2n) is 6.73. The zero-order valence-corrected chi connectivity index (χ0v) is 14.2. The fraction of sp³-hybridized carbons (Fsp3) is 0.368. The van der Waals surface area contributed by atoms with Gasteiger partial charge in [0.05, 0.1) is 11.6 Å². The maximum atomic E-state index is 15.0. The number of carbonyl (C=O) groups is 1. The number of pyridine rings is 1. The lowest BCUT2D eigenvalue weighted by Gasteiger charge is -2.27. The smallest absolute Gasteiger partial charge is 0.310 e. The van der Waals surface area contributed by atoms with Crippen molar-refractivity contribution in [2.75, 3.05) is 6.54 Å². The molecule has 0 bridgehead atoms. The van der Waals surface area contributed by atoms with E-state index in [1.165, 1.54) is 31.2 Å². The number of aliphatic carboxylic acids is 1. The first-order valence-corrected chi connectivity index (χ1v) is 8.40. The maximum Gasteiger partial charge on any atom is 0.310 e. The maximum absolute atomic E-state index is 15.0. The van der Waals surface area contributed by atoms with Crippen LogP contribution >= 0.6 is 0 Å². The molecular formula is C19H20F2N2O3. The highest BCUT2D eigenvalue weighted by atomic mass is 19.1. The lowest BCUT2D eigenvalue weighted by molar-refractivity contribution is -0.138. The van der Waals surface area contributed by atoms with E-state index in [-0.39, 0.29) is 35.0 Å². The van der Waals surface area contributed by atoms with Crippen LogP contribution in [-0.2, 0) is 10.4 Å². The molecule has 0 radical (unpaired) electrons. The van der Waals surface area contributed by atoms with Crippen molar-refractivity contribution < 1.29 is 23.8 Å². The molecule has 0 amide bonds. The van der Waals surface area contributed by atoms with Crippen LogP contribution in [0.1, 0.15) is 36.9 Å². The SMILES string of the molecule is CC(C(=O)O)c1cc(C(O)(CN)C2CC2)nc(-c2cccc(F)c2)c1F. The van der Waals surface area contributed by atoms with E-state index in [0.29, 0.717) is 0 Å². The Bertz CT molecular complexity index is 855. The Hall–Kier alpha value is -2.38. The molecule has 0 spiro atoms. The van der Waals surface area contributed by atoms with Gasteiger partial charge in [0.25, 0.3) is 0 Å². The Morgan fingerprint density at radius 1 is 1.38 bits per heavy atom. The highest BCUT2D eigenvalue weighted by molar-refractivity contribution is 5.76. The van der Waals surface area contributed by atoms with Crippen molar-refractivity contribution in [3.63, 3.8) is 0 Å². The summed E-state index contributed by atoms with van der Waals surface area (Å²) in [5.41, 5.74) is 4.26. The number of rotatable bonds is 6. The number of carboxylic acids is 1. The van der Waals surface area contributed by atoms with E-state index in [1.54, 1.807) is 0 Å². The highest BCUT2D eigenvalue weighted by Crippen LogP contribution is 2.45. The molecule has 4 N–H and O–H groups in total. The minimum Gasteiger partial charge on any atom is -0.481 e. The van der Waals surface area contributed by atoms with Crippen LogP contribution in [0.15, 0.2) is 30.3 Å². The van der Waals surface area contributed by atoms with Gasteiger partial charge in [0.2, 0.25) is 0 Å². The third kappa shape index (κ3) is 3.20. The summed E-state index contributed by atoms with van der Waals surface area (Å²) in [7, 11) is 0. The predicted molar refractivity (Wildman–Crippen MR) is 91.3 cm³/mol. The van der Waals surface area contributed by atoms with Crippen LogP contribution in [-0.4, -0.2) is 27.7 Å². The van der Waals surface area contributed by atoms with E-state index in [0.717, 1.165) is 18.9 Å². The largest absolute Gasteiger partial charge is 0.481 e. The van der Waals surface area contributed by atoms with Gasteiger partial charge in [0.15, 0.2) is 5.82 Å². The van der Waals surface area contributed by atoms with Crippen molar-refractivity contribution in [2.45, 2.75) is 31.3 Å². The Morgan fingerprint density at radius 2 is 2.08 bits per heavy atom. The Balaban J connectivity index is 2.24. The zero-order chi connectivity index (χ0) is 19.1. The molecule has 7 heteroatoms. The molecule has 1 fully saturated rings. The number of carboxylic acid groups (broad SMARTS) is 1. The summed E-state index contributed by atoms with van der Waals surface area (Å²) < 4.78 is 28.6. The topological polar surface area (TPSA) is 96.4 Å². The normalized spacial score (nSPS) is 17.6. The quantitative estimate of drug-likeness (QED) is 0.734. The van der Waals surface area contributed by atoms with Gasteiger partial charge in [-0.2, -0.15) is 0 Å². The summed E-state index contributed by atoms with van der Waals surface area (Å²) in [4.78, 5) is 15.6. The molecule has 3 rings (SSSR count). The van der Waals surface area contributed by atoms with Gasteiger partial charge < -0.3 is 15.9 Å². The zero-order valence-electron chi connectivity index (χ0n) is 14.2. The van der Waals surface area contributed by atoms with Crippen LogP contribution in [0, 0.1) is 17.6 Å². The van der Waals surface area contributed by atoms with E-state index < -0.39 is 29.1 Å². The number of hydrogen-bond acceptors (Lipinski definition) is 4. The van der Waals surface area contributed by atoms with Crippen LogP contribution in [0.25, 0.3) is 11.3 Å². The van der Waals surface area contributed by atoms with Crippen molar-refractivity contribution in [2.24, 2.45) is 11.7 Å². The van der Waals surface area contributed by atoms with Crippen molar-refractivity contribution in [1.29, 1.82) is 0 Å². The summed E-state index contributed by atoms with van der Waals surface area (Å²) in [6, 6.07) is 6.48. The van der Waals surface area contributed by atoms with Gasteiger partial charge in [0.1, 0.15) is 17.1 Å². The van der Waals surface area contributed by atoms with Crippen LogP contribution in [0.4, 0.5) is 8.78 Å². The highest BCUT2D eigenvalue weighted by Gasteiger charge is 2.46. The van der Waals surface area contributed by atoms with Crippen molar-refractivity contribution in [3.05, 3.63) is 53.2 Å². The Morgan fingerprint density at radius 3 is 2.62 bits per heavy atom. The standard InChI is InChI=1S/C19H20F2N2O3/c1-10(18(24)25)14-8-15(19(26,9-22)12-5-6-12)23-17(16(14)21)11-3-2-4-13(20)7-11/h2-4,7-8,10,12,26H,5-6,9,22H2,1H3,(H,24,25). The predicted octanol–water partition coefficient (Wildman–Crippen LogP) is 2.77. The first kappa shape index (κ1) is 18.4. The van der Waals surface area contributed by atoms with Gasteiger partial charge in [-0.3, -0.25) is 4.79 Å². The molecule has 1 aromatic carbocycles. The molecule has 26 heavy (non-hydrogen) atoms. The Kier molecular flexibility index (Phi) is 4.77. The number of nitrogens with zero attached hydrogens (tertiary/aromatic N) is 1. The van der Waals surface area contributed by atoms with E-state index in [4.69, 9.17) is 5.73 Å². The molecule has 0 saturated heterocycles. The third-order valence-corrected chi connectivity index (χ3v) is 4.93. The minimum absolute atomic E-state index is 0.112. The fourth-order valence-electron chi connectivity index (χ4n) is 3.09. The fourth-order valence-corrected chi connectivity index (χ4v) is 3.09. The molecule has 138 valence electrons. The van der Waals surface area contributed by atoms with Gasteiger partial charge in [-0.15, -0.1) is 0 Å². The average molecular weight is 362 g/mol. The number of benzene rings is 1. The van der Waals surface area contributed by atoms with Gasteiger partial charge in [-0.05, 0) is 43.9 Å². The summed E-state index contributed by atoms with van der Waals surface area (Å²) in [5.74, 6) is -3.90. The van der Waals surface area contributed by atoms with E-state index in [9.17, 15) is 19.4 Å². The number of hydrogen-bond donors (Lipinski definition) is 3. The van der Waals surface area contributed by atoms with Crippen molar-refractivity contribution in [1.82, 2.24) is 4.98 Å². The molecule has 1 aliphatic rings. The molecule has 1 aromatic heterocycles. The molecular weight excluding hydrogens is 342 g/mol.